The highest BCUT2D eigenvalue weighted by Crippen LogP contribution is 2.35. The summed E-state index contributed by atoms with van der Waals surface area (Å²) < 4.78 is 75.5. The van der Waals surface area contributed by atoms with Gasteiger partial charge in [-0.3, -0.25) is 5.43 Å². The summed E-state index contributed by atoms with van der Waals surface area (Å²) in [6.45, 7) is 0. The Morgan fingerprint density at radius 2 is 1.52 bits per heavy atom. The molecule has 21 heavy (non-hydrogen) atoms. The third-order valence-electron chi connectivity index (χ3n) is 2.22. The highest BCUT2D eigenvalue weighted by molar-refractivity contribution is 7.80. The highest BCUT2D eigenvalue weighted by atomic mass is 32.1. The molecule has 0 radical (unpaired) electrons. The van der Waals surface area contributed by atoms with Gasteiger partial charge in [-0.25, -0.2) is 0 Å². The first-order valence-corrected chi connectivity index (χ1v) is 5.75. The summed E-state index contributed by atoms with van der Waals surface area (Å²) in [5.74, 6) is 0. The fourth-order valence-electron chi connectivity index (χ4n) is 1.27. The predicted molar refractivity (Wildman–Crippen MR) is 68.8 cm³/mol. The molecule has 0 saturated heterocycles. The first-order valence-electron chi connectivity index (χ1n) is 5.34. The molecule has 3 nitrogen and oxygen atoms in total. The molecular weight excluding hydrogens is 320 g/mol. The molecule has 2 N–H and O–H groups in total. The quantitative estimate of drug-likeness (QED) is 0.379. The van der Waals surface area contributed by atoms with E-state index in [9.17, 15) is 26.3 Å². The van der Waals surface area contributed by atoms with Gasteiger partial charge in [-0.15, -0.1) is 0 Å². The maximum atomic E-state index is 12.6. The van der Waals surface area contributed by atoms with E-state index in [1.165, 1.54) is 7.05 Å². The molecule has 0 fully saturated rings. The number of thiocarbonyl (C=S) groups is 1. The third-order valence-corrected chi connectivity index (χ3v) is 2.51. The summed E-state index contributed by atoms with van der Waals surface area (Å²) in [7, 11) is 1.47. The Morgan fingerprint density at radius 3 is 1.90 bits per heavy atom. The van der Waals surface area contributed by atoms with Gasteiger partial charge in [0, 0.05) is 7.05 Å². The molecule has 1 aromatic rings. The number of nitrogens with zero attached hydrogens (tertiary/aromatic N) is 1. The van der Waals surface area contributed by atoms with Gasteiger partial charge in [-0.2, -0.15) is 31.4 Å². The molecule has 0 aliphatic heterocycles. The number of nitrogens with one attached hydrogen (secondary N) is 2. The van der Waals surface area contributed by atoms with E-state index in [-0.39, 0.29) is 16.7 Å². The zero-order chi connectivity index (χ0) is 16.3. The standard InChI is InChI=1S/C11H9F6N3S/c1-18-9(21)20-19-5-6-2-7(10(12,13)14)4-8(3-6)11(15,16)17/h2-5H,1H3,(H2,18,20,21). The lowest BCUT2D eigenvalue weighted by Gasteiger charge is -2.12. The van der Waals surface area contributed by atoms with Gasteiger partial charge >= 0.3 is 12.4 Å². The summed E-state index contributed by atoms with van der Waals surface area (Å²) >= 11 is 4.64. The average Bonchev–Trinajstić information content (AvgIpc) is 2.36. The Labute approximate surface area is 121 Å². The van der Waals surface area contributed by atoms with Gasteiger partial charge in [0.15, 0.2) is 5.11 Å². The van der Waals surface area contributed by atoms with Gasteiger partial charge < -0.3 is 5.32 Å². The Hall–Kier alpha value is -1.84. The summed E-state index contributed by atoms with van der Waals surface area (Å²) in [6.07, 6.45) is -8.97. The van der Waals surface area contributed by atoms with Gasteiger partial charge in [0.25, 0.3) is 0 Å². The van der Waals surface area contributed by atoms with E-state index in [0.717, 1.165) is 6.21 Å². The van der Waals surface area contributed by atoms with Gasteiger partial charge in [-0.1, -0.05) is 0 Å². The summed E-state index contributed by atoms with van der Waals surface area (Å²) in [4.78, 5) is 0. The largest absolute Gasteiger partial charge is 0.416 e. The average molecular weight is 329 g/mol. The molecule has 0 aliphatic rings. The maximum absolute atomic E-state index is 12.6. The van der Waals surface area contributed by atoms with Crippen LogP contribution in [0.25, 0.3) is 0 Å². The van der Waals surface area contributed by atoms with Crippen molar-refractivity contribution in [1.29, 1.82) is 0 Å². The number of halogens is 6. The molecule has 0 heterocycles. The number of hydrazone groups is 1. The summed E-state index contributed by atoms with van der Waals surface area (Å²) in [5.41, 5.74) is -0.948. The maximum Gasteiger partial charge on any atom is 0.416 e. The van der Waals surface area contributed by atoms with Crippen molar-refractivity contribution in [2.24, 2.45) is 5.10 Å². The lowest BCUT2D eigenvalue weighted by molar-refractivity contribution is -0.143. The van der Waals surface area contributed by atoms with Crippen LogP contribution in [0, 0.1) is 0 Å². The SMILES string of the molecule is CNC(=S)NN=Cc1cc(C(F)(F)F)cc(C(F)(F)F)c1. The molecule has 1 rings (SSSR count). The predicted octanol–water partition coefficient (Wildman–Crippen LogP) is 3.15. The Balaban J connectivity index is 3.17. The van der Waals surface area contributed by atoms with Crippen LogP contribution in [-0.4, -0.2) is 18.4 Å². The number of rotatable bonds is 2. The van der Waals surface area contributed by atoms with E-state index in [1.807, 2.05) is 0 Å². The summed E-state index contributed by atoms with van der Waals surface area (Å²) in [6, 6.07) is 1.16. The second-order valence-corrected chi connectivity index (χ2v) is 4.20. The third kappa shape index (κ3) is 5.21. The number of alkyl halides is 6. The van der Waals surface area contributed by atoms with Gasteiger partial charge in [0.05, 0.1) is 17.3 Å². The van der Waals surface area contributed by atoms with Crippen molar-refractivity contribution in [1.82, 2.24) is 10.7 Å². The van der Waals surface area contributed by atoms with Crippen LogP contribution in [0.4, 0.5) is 26.3 Å². The monoisotopic (exact) mass is 329 g/mol. The van der Waals surface area contributed by atoms with E-state index < -0.39 is 23.5 Å². The topological polar surface area (TPSA) is 36.4 Å². The van der Waals surface area contributed by atoms with E-state index in [4.69, 9.17) is 0 Å². The number of benzene rings is 1. The first-order chi connectivity index (χ1) is 9.54. The molecule has 0 unspecified atom stereocenters. The molecule has 0 aromatic heterocycles. The minimum atomic E-state index is -4.89. The smallest absolute Gasteiger partial charge is 0.364 e. The molecule has 0 saturated carbocycles. The van der Waals surface area contributed by atoms with Crippen LogP contribution in [0.2, 0.25) is 0 Å². The van der Waals surface area contributed by atoms with Gasteiger partial charge in [0.1, 0.15) is 0 Å². The number of hydrogen-bond donors (Lipinski definition) is 2. The molecule has 0 aliphatic carbocycles. The minimum Gasteiger partial charge on any atom is -0.364 e. The number of hydrogen-bond acceptors (Lipinski definition) is 2. The summed E-state index contributed by atoms with van der Waals surface area (Å²) in [5, 5.41) is 5.98. The minimum absolute atomic E-state index is 0.0446. The van der Waals surface area contributed by atoms with E-state index in [2.05, 4.69) is 28.1 Å². The lowest BCUT2D eigenvalue weighted by atomic mass is 10.1. The Bertz CT molecular complexity index is 518. The van der Waals surface area contributed by atoms with Crippen LogP contribution >= 0.6 is 12.2 Å². The van der Waals surface area contributed by atoms with Crippen LogP contribution in [0.5, 0.6) is 0 Å². The van der Waals surface area contributed by atoms with Crippen LogP contribution < -0.4 is 10.7 Å². The van der Waals surface area contributed by atoms with Crippen LogP contribution in [0.1, 0.15) is 16.7 Å². The fourth-order valence-corrected chi connectivity index (χ4v) is 1.33. The molecule has 10 heteroatoms. The van der Waals surface area contributed by atoms with Crippen molar-refractivity contribution in [2.75, 3.05) is 7.05 Å². The normalized spacial score (nSPS) is 12.5. The van der Waals surface area contributed by atoms with Crippen LogP contribution in [0.15, 0.2) is 23.3 Å². The molecule has 0 spiro atoms. The zero-order valence-corrected chi connectivity index (χ0v) is 11.2. The Morgan fingerprint density at radius 1 is 1.05 bits per heavy atom. The van der Waals surface area contributed by atoms with Crippen molar-refractivity contribution >= 4 is 23.5 Å². The van der Waals surface area contributed by atoms with Gasteiger partial charge in [-0.05, 0) is 36.0 Å². The zero-order valence-electron chi connectivity index (χ0n) is 10.4. The highest BCUT2D eigenvalue weighted by Gasteiger charge is 2.36. The van der Waals surface area contributed by atoms with Crippen LogP contribution in [0.3, 0.4) is 0 Å². The molecule has 0 amide bonds. The fraction of sp³-hybridized carbons (Fsp3) is 0.273. The van der Waals surface area contributed by atoms with Crippen molar-refractivity contribution < 1.29 is 26.3 Å². The van der Waals surface area contributed by atoms with Crippen molar-refractivity contribution in [3.63, 3.8) is 0 Å². The van der Waals surface area contributed by atoms with E-state index in [1.54, 1.807) is 0 Å². The second-order valence-electron chi connectivity index (χ2n) is 3.79. The molecule has 0 bridgehead atoms. The van der Waals surface area contributed by atoms with Crippen LogP contribution in [-0.2, 0) is 12.4 Å². The van der Waals surface area contributed by atoms with E-state index >= 15 is 0 Å². The molecular formula is C11H9F6N3S. The van der Waals surface area contributed by atoms with Crippen molar-refractivity contribution in [3.8, 4) is 0 Å². The lowest BCUT2D eigenvalue weighted by Crippen LogP contribution is -2.28. The second kappa shape index (κ2) is 6.29. The first kappa shape index (κ1) is 17.2. The van der Waals surface area contributed by atoms with Gasteiger partial charge in [0.2, 0.25) is 0 Å². The van der Waals surface area contributed by atoms with Crippen molar-refractivity contribution in [3.05, 3.63) is 34.9 Å². The Kier molecular flexibility index (Phi) is 5.15. The molecule has 116 valence electrons. The van der Waals surface area contributed by atoms with Crippen molar-refractivity contribution in [2.45, 2.75) is 12.4 Å². The molecule has 0 atom stereocenters. The molecule has 1 aromatic carbocycles. The van der Waals surface area contributed by atoms with E-state index in [0.29, 0.717) is 12.1 Å².